The molecule has 0 aliphatic carbocycles. The van der Waals surface area contributed by atoms with Gasteiger partial charge in [0.2, 0.25) is 11.8 Å². The van der Waals surface area contributed by atoms with Gasteiger partial charge in [0.15, 0.2) is 0 Å². The van der Waals surface area contributed by atoms with Crippen molar-refractivity contribution < 1.29 is 9.59 Å². The van der Waals surface area contributed by atoms with E-state index in [0.29, 0.717) is 37.9 Å². The normalized spacial score (nSPS) is 30.5. The fourth-order valence-electron chi connectivity index (χ4n) is 5.13. The minimum atomic E-state index is -0.233. The van der Waals surface area contributed by atoms with Crippen molar-refractivity contribution in [3.8, 4) is 0 Å². The molecule has 5 rings (SSSR count). The number of carbonyl (C=O) groups excluding carboxylic acids is 2. The Labute approximate surface area is 165 Å². The molecule has 2 bridgehead atoms. The predicted octanol–water partition coefficient (Wildman–Crippen LogP) is -0.568. The van der Waals surface area contributed by atoms with E-state index in [-0.39, 0.29) is 23.7 Å². The Morgan fingerprint density at radius 1 is 1.25 bits per heavy atom. The molecule has 4 fully saturated rings. The summed E-state index contributed by atoms with van der Waals surface area (Å²) in [5.74, 6) is 0.495. The number of nitrogens with zero attached hydrogens (tertiary/aromatic N) is 5. The molecule has 1 aromatic heterocycles. The number of amides is 2. The second-order valence-corrected chi connectivity index (χ2v) is 8.50. The Morgan fingerprint density at radius 2 is 2.04 bits per heavy atom. The van der Waals surface area contributed by atoms with Crippen LogP contribution in [0.25, 0.3) is 0 Å². The van der Waals surface area contributed by atoms with Gasteiger partial charge in [-0.25, -0.2) is 0 Å². The van der Waals surface area contributed by atoms with E-state index < -0.39 is 0 Å². The summed E-state index contributed by atoms with van der Waals surface area (Å²) in [7, 11) is 1.90. The van der Waals surface area contributed by atoms with E-state index >= 15 is 0 Å². The molecule has 5 heterocycles. The Balaban J connectivity index is 1.33. The van der Waals surface area contributed by atoms with Crippen molar-refractivity contribution in [2.24, 2.45) is 23.5 Å². The molecular formula is C19H31N7O2. The SMILES string of the molecule is CNCc1cn(C[C@H]2C[C@H]3CCN2C[C@@H]3C(=O)N2CCC(C(N)=O)CC2)nn1. The maximum absolute atomic E-state index is 13.1. The molecule has 0 saturated carbocycles. The summed E-state index contributed by atoms with van der Waals surface area (Å²) in [6.45, 7) is 4.76. The van der Waals surface area contributed by atoms with Gasteiger partial charge >= 0.3 is 0 Å². The predicted molar refractivity (Wildman–Crippen MR) is 103 cm³/mol. The highest BCUT2D eigenvalue weighted by atomic mass is 16.2. The number of fused-ring (bicyclic) bond motifs is 3. The lowest BCUT2D eigenvalue weighted by Crippen LogP contribution is -2.59. The summed E-state index contributed by atoms with van der Waals surface area (Å²) < 4.78 is 1.93. The van der Waals surface area contributed by atoms with Gasteiger partial charge in [0.05, 0.1) is 18.2 Å². The largest absolute Gasteiger partial charge is 0.369 e. The van der Waals surface area contributed by atoms with Crippen LogP contribution in [0.2, 0.25) is 0 Å². The molecule has 154 valence electrons. The van der Waals surface area contributed by atoms with Crippen molar-refractivity contribution in [3.63, 3.8) is 0 Å². The van der Waals surface area contributed by atoms with Crippen molar-refractivity contribution >= 4 is 11.8 Å². The molecule has 4 aliphatic heterocycles. The smallest absolute Gasteiger partial charge is 0.227 e. The van der Waals surface area contributed by atoms with E-state index in [2.05, 4.69) is 20.5 Å². The average Bonchev–Trinajstić information content (AvgIpc) is 3.15. The molecule has 4 atom stereocenters. The van der Waals surface area contributed by atoms with Crippen molar-refractivity contribution in [3.05, 3.63) is 11.9 Å². The van der Waals surface area contributed by atoms with Crippen molar-refractivity contribution in [2.45, 2.75) is 44.8 Å². The van der Waals surface area contributed by atoms with Gasteiger partial charge in [-0.05, 0) is 45.2 Å². The molecule has 1 unspecified atom stereocenters. The molecule has 0 spiro atoms. The van der Waals surface area contributed by atoms with E-state index in [0.717, 1.165) is 44.7 Å². The second kappa shape index (κ2) is 8.16. The van der Waals surface area contributed by atoms with Gasteiger partial charge in [0.25, 0.3) is 0 Å². The van der Waals surface area contributed by atoms with Crippen LogP contribution < -0.4 is 11.1 Å². The Hall–Kier alpha value is -2.00. The van der Waals surface area contributed by atoms with Gasteiger partial charge in [-0.15, -0.1) is 5.10 Å². The van der Waals surface area contributed by atoms with Crippen LogP contribution in [-0.2, 0) is 22.7 Å². The van der Waals surface area contributed by atoms with Crippen molar-refractivity contribution in [1.82, 2.24) is 30.1 Å². The van der Waals surface area contributed by atoms with Gasteiger partial charge in [-0.2, -0.15) is 0 Å². The number of rotatable bonds is 6. The number of nitrogens with one attached hydrogen (secondary N) is 1. The highest BCUT2D eigenvalue weighted by Crippen LogP contribution is 2.38. The highest BCUT2D eigenvalue weighted by molar-refractivity contribution is 5.81. The van der Waals surface area contributed by atoms with Crippen LogP contribution in [0.1, 0.15) is 31.4 Å². The number of nitrogens with two attached hydrogens (primary N) is 1. The van der Waals surface area contributed by atoms with E-state index in [9.17, 15) is 9.59 Å². The summed E-state index contributed by atoms with van der Waals surface area (Å²) in [5.41, 5.74) is 6.36. The summed E-state index contributed by atoms with van der Waals surface area (Å²) in [5, 5.41) is 11.5. The highest BCUT2D eigenvalue weighted by Gasteiger charge is 2.45. The summed E-state index contributed by atoms with van der Waals surface area (Å²) in [6, 6.07) is 0.424. The lowest BCUT2D eigenvalue weighted by molar-refractivity contribution is -0.146. The lowest BCUT2D eigenvalue weighted by Gasteiger charge is -2.50. The molecule has 1 aromatic rings. The molecule has 9 nitrogen and oxygen atoms in total. The first-order valence-corrected chi connectivity index (χ1v) is 10.4. The minimum Gasteiger partial charge on any atom is -0.369 e. The van der Waals surface area contributed by atoms with Gasteiger partial charge in [-0.3, -0.25) is 19.2 Å². The number of likely N-dealkylation sites (tertiary alicyclic amines) is 1. The minimum absolute atomic E-state index is 0.0736. The molecule has 0 aromatic carbocycles. The second-order valence-electron chi connectivity index (χ2n) is 8.50. The maximum atomic E-state index is 13.1. The fraction of sp³-hybridized carbons (Fsp3) is 0.789. The Morgan fingerprint density at radius 3 is 2.68 bits per heavy atom. The quantitative estimate of drug-likeness (QED) is 0.675. The number of aromatic nitrogens is 3. The fourth-order valence-corrected chi connectivity index (χ4v) is 5.13. The third-order valence-corrected chi connectivity index (χ3v) is 6.75. The molecule has 4 aliphatic rings. The van der Waals surface area contributed by atoms with Crippen molar-refractivity contribution in [2.75, 3.05) is 33.2 Å². The van der Waals surface area contributed by atoms with Crippen molar-refractivity contribution in [1.29, 1.82) is 0 Å². The first-order valence-electron chi connectivity index (χ1n) is 10.4. The standard InChI is InChI=1S/C19H31N7O2/c1-21-9-15-10-26(23-22-15)11-16-8-14-4-7-25(16)12-17(14)19(28)24-5-2-13(3-6-24)18(20)27/h10,13-14,16-17,21H,2-9,11-12H2,1H3,(H2,20,27)/t14-,16-,17+/m1/s1. The first-order chi connectivity index (χ1) is 13.5. The molecule has 4 saturated heterocycles. The first kappa shape index (κ1) is 19.3. The van der Waals surface area contributed by atoms with Crippen LogP contribution in [0.4, 0.5) is 0 Å². The molecule has 2 amide bonds. The molecule has 0 radical (unpaired) electrons. The Kier molecular flexibility index (Phi) is 5.63. The summed E-state index contributed by atoms with van der Waals surface area (Å²) >= 11 is 0. The lowest BCUT2D eigenvalue weighted by atomic mass is 9.74. The van der Waals surface area contributed by atoms with Crippen LogP contribution >= 0.6 is 0 Å². The zero-order chi connectivity index (χ0) is 19.7. The van der Waals surface area contributed by atoms with E-state index in [1.807, 2.05) is 22.8 Å². The molecule has 9 heteroatoms. The zero-order valence-corrected chi connectivity index (χ0v) is 16.6. The third-order valence-electron chi connectivity index (χ3n) is 6.75. The topological polar surface area (TPSA) is 109 Å². The number of hydrogen-bond donors (Lipinski definition) is 2. The summed E-state index contributed by atoms with van der Waals surface area (Å²) in [4.78, 5) is 28.9. The summed E-state index contributed by atoms with van der Waals surface area (Å²) in [6.07, 6.45) is 5.53. The third kappa shape index (κ3) is 3.91. The number of hydrogen-bond acceptors (Lipinski definition) is 6. The number of primary amides is 1. The van der Waals surface area contributed by atoms with Gasteiger partial charge in [0, 0.05) is 44.3 Å². The monoisotopic (exact) mass is 389 g/mol. The van der Waals surface area contributed by atoms with E-state index in [1.54, 1.807) is 0 Å². The zero-order valence-electron chi connectivity index (χ0n) is 16.6. The molecule has 28 heavy (non-hydrogen) atoms. The molecule has 3 N–H and O–H groups in total. The van der Waals surface area contributed by atoms with Crippen LogP contribution in [0.5, 0.6) is 0 Å². The van der Waals surface area contributed by atoms with Crippen LogP contribution in [0.15, 0.2) is 6.20 Å². The van der Waals surface area contributed by atoms with Crippen LogP contribution in [0.3, 0.4) is 0 Å². The van der Waals surface area contributed by atoms with Gasteiger partial charge < -0.3 is 16.0 Å². The number of piperidine rings is 4. The maximum Gasteiger partial charge on any atom is 0.227 e. The van der Waals surface area contributed by atoms with E-state index in [4.69, 9.17) is 5.73 Å². The van der Waals surface area contributed by atoms with Crippen LogP contribution in [-0.4, -0.2) is 75.9 Å². The Bertz CT molecular complexity index is 713. The molecular weight excluding hydrogens is 358 g/mol. The van der Waals surface area contributed by atoms with E-state index in [1.165, 1.54) is 0 Å². The van der Waals surface area contributed by atoms with Gasteiger partial charge in [-0.1, -0.05) is 5.21 Å². The van der Waals surface area contributed by atoms with Crippen LogP contribution in [0, 0.1) is 17.8 Å². The number of carbonyl (C=O) groups is 2. The van der Waals surface area contributed by atoms with Gasteiger partial charge in [0.1, 0.15) is 0 Å². The average molecular weight is 390 g/mol.